The Morgan fingerprint density at radius 2 is 2.00 bits per heavy atom. The molecule has 25 heavy (non-hydrogen) atoms. The molecule has 4 atom stereocenters. The molecule has 2 heteroatoms. The quantitative estimate of drug-likeness (QED) is 0.586. The van der Waals surface area contributed by atoms with Gasteiger partial charge in [0, 0.05) is 22.9 Å². The van der Waals surface area contributed by atoms with E-state index in [1.54, 1.807) is 0 Å². The van der Waals surface area contributed by atoms with Crippen LogP contribution in [0.15, 0.2) is 78.4 Å². The fraction of sp³-hybridized carbons (Fsp3) is 0.348. The zero-order chi connectivity index (χ0) is 18.2. The third kappa shape index (κ3) is 2.65. The fourth-order valence-corrected chi connectivity index (χ4v) is 4.74. The summed E-state index contributed by atoms with van der Waals surface area (Å²) in [7, 11) is 2.05. The van der Waals surface area contributed by atoms with Crippen LogP contribution in [0.3, 0.4) is 0 Å². The van der Waals surface area contributed by atoms with E-state index in [1.165, 1.54) is 16.7 Å². The highest BCUT2D eigenvalue weighted by Gasteiger charge is 2.62. The van der Waals surface area contributed by atoms with Crippen molar-refractivity contribution in [1.29, 1.82) is 0 Å². The predicted molar refractivity (Wildman–Crippen MR) is 108 cm³/mol. The van der Waals surface area contributed by atoms with E-state index in [0.717, 1.165) is 17.7 Å². The van der Waals surface area contributed by atoms with E-state index in [1.807, 2.05) is 6.08 Å². The molecule has 1 fully saturated rings. The first-order chi connectivity index (χ1) is 12.0. The van der Waals surface area contributed by atoms with Crippen LogP contribution in [-0.2, 0) is 0 Å². The smallest absolute Gasteiger partial charge is 0.0674 e. The van der Waals surface area contributed by atoms with Crippen molar-refractivity contribution in [2.24, 2.45) is 10.9 Å². The molecule has 2 aliphatic rings. The van der Waals surface area contributed by atoms with Gasteiger partial charge in [0.15, 0.2) is 0 Å². The Bertz CT molecular complexity index is 779. The summed E-state index contributed by atoms with van der Waals surface area (Å²) >= 11 is 0. The minimum atomic E-state index is -0.0955. The summed E-state index contributed by atoms with van der Waals surface area (Å²) in [5, 5.41) is 3.64. The van der Waals surface area contributed by atoms with Gasteiger partial charge in [-0.05, 0) is 39.0 Å². The molecule has 1 saturated carbocycles. The van der Waals surface area contributed by atoms with Crippen LogP contribution in [-0.4, -0.2) is 24.3 Å². The Morgan fingerprint density at radius 3 is 2.60 bits per heavy atom. The predicted octanol–water partition coefficient (Wildman–Crippen LogP) is 4.81. The van der Waals surface area contributed by atoms with Crippen molar-refractivity contribution in [2.75, 3.05) is 7.05 Å². The summed E-state index contributed by atoms with van der Waals surface area (Å²) < 4.78 is 0. The first kappa shape index (κ1) is 17.6. The Hall–Kier alpha value is -2.19. The fourth-order valence-electron chi connectivity index (χ4n) is 4.74. The maximum atomic E-state index is 5.02. The molecule has 130 valence electrons. The number of likely N-dealkylation sites (N-methyl/N-ethyl adjacent to an activating group) is 1. The second-order valence-corrected chi connectivity index (χ2v) is 7.38. The molecule has 1 N–H and O–H groups in total. The summed E-state index contributed by atoms with van der Waals surface area (Å²) in [6.07, 6.45) is 7.00. The monoisotopic (exact) mass is 332 g/mol. The van der Waals surface area contributed by atoms with Crippen molar-refractivity contribution in [2.45, 2.75) is 37.8 Å². The van der Waals surface area contributed by atoms with Gasteiger partial charge in [-0.15, -0.1) is 6.58 Å². The standard InChI is InChI=1S/C23H28N2/c1-7-19-22-21(23(19,24-6)14-16(5)13-15(3)4)18-12-10-9-11-17(18)20(8-2)25-22/h7-13,19,21-22,24H,1-2,5,14H2,3-4,6H3. The van der Waals surface area contributed by atoms with E-state index in [-0.39, 0.29) is 17.5 Å². The van der Waals surface area contributed by atoms with Crippen molar-refractivity contribution in [3.05, 3.63) is 84.5 Å². The lowest BCUT2D eigenvalue weighted by Crippen LogP contribution is -2.70. The normalized spacial score (nSPS) is 29.4. The molecule has 0 spiro atoms. The SMILES string of the molecule is C=CC1=NC2C(C=C)C(CC(=C)C=C(C)C)(NC)C2c2ccccc21. The van der Waals surface area contributed by atoms with Gasteiger partial charge >= 0.3 is 0 Å². The number of hydrogen-bond acceptors (Lipinski definition) is 2. The van der Waals surface area contributed by atoms with E-state index in [9.17, 15) is 0 Å². The van der Waals surface area contributed by atoms with Gasteiger partial charge in [0.1, 0.15) is 0 Å². The molecule has 2 nitrogen and oxygen atoms in total. The van der Waals surface area contributed by atoms with Gasteiger partial charge in [-0.3, -0.25) is 4.99 Å². The summed E-state index contributed by atoms with van der Waals surface area (Å²) in [6, 6.07) is 8.80. The molecule has 1 aromatic rings. The van der Waals surface area contributed by atoms with Crippen molar-refractivity contribution in [1.82, 2.24) is 5.32 Å². The van der Waals surface area contributed by atoms with Gasteiger partial charge < -0.3 is 5.32 Å². The number of nitrogens with one attached hydrogen (secondary N) is 1. The van der Waals surface area contributed by atoms with E-state index in [4.69, 9.17) is 4.99 Å². The van der Waals surface area contributed by atoms with E-state index in [2.05, 4.69) is 82.4 Å². The molecule has 1 aliphatic carbocycles. The van der Waals surface area contributed by atoms with Crippen LogP contribution in [0.5, 0.6) is 0 Å². The number of aliphatic imine (C=N–C) groups is 1. The molecular formula is C23H28N2. The van der Waals surface area contributed by atoms with Gasteiger partial charge in [0.05, 0.1) is 11.8 Å². The average Bonchev–Trinajstić information content (AvgIpc) is 2.58. The number of hydrogen-bond donors (Lipinski definition) is 1. The van der Waals surface area contributed by atoms with Gasteiger partial charge in [-0.25, -0.2) is 0 Å². The van der Waals surface area contributed by atoms with E-state index in [0.29, 0.717) is 5.92 Å². The van der Waals surface area contributed by atoms with Crippen LogP contribution >= 0.6 is 0 Å². The summed E-state index contributed by atoms with van der Waals surface area (Å²) in [6.45, 7) is 16.6. The molecule has 1 heterocycles. The minimum Gasteiger partial charge on any atom is -0.313 e. The highest BCUT2D eigenvalue weighted by Crippen LogP contribution is 2.57. The number of allylic oxidation sites excluding steroid dienone is 3. The van der Waals surface area contributed by atoms with Gasteiger partial charge in [-0.1, -0.05) is 60.7 Å². The highest BCUT2D eigenvalue weighted by molar-refractivity contribution is 6.10. The Morgan fingerprint density at radius 1 is 1.28 bits per heavy atom. The van der Waals surface area contributed by atoms with Crippen molar-refractivity contribution in [3.63, 3.8) is 0 Å². The summed E-state index contributed by atoms with van der Waals surface area (Å²) in [5.41, 5.74) is 5.89. The Balaban J connectivity index is 2.08. The van der Waals surface area contributed by atoms with Gasteiger partial charge in [0.2, 0.25) is 0 Å². The van der Waals surface area contributed by atoms with E-state index >= 15 is 0 Å². The number of rotatable bonds is 6. The molecule has 3 rings (SSSR count). The molecule has 4 unspecified atom stereocenters. The van der Waals surface area contributed by atoms with Gasteiger partial charge in [-0.2, -0.15) is 0 Å². The van der Waals surface area contributed by atoms with Crippen molar-refractivity contribution < 1.29 is 0 Å². The number of fused-ring (bicyclic) bond motifs is 3. The molecule has 1 aliphatic heterocycles. The molecule has 0 radical (unpaired) electrons. The lowest BCUT2D eigenvalue weighted by molar-refractivity contribution is 0.0591. The van der Waals surface area contributed by atoms with Crippen LogP contribution in [0.2, 0.25) is 0 Å². The van der Waals surface area contributed by atoms with Gasteiger partial charge in [0.25, 0.3) is 0 Å². The second-order valence-electron chi connectivity index (χ2n) is 7.38. The lowest BCUT2D eigenvalue weighted by atomic mass is 9.49. The summed E-state index contributed by atoms with van der Waals surface area (Å²) in [4.78, 5) is 5.02. The lowest BCUT2D eigenvalue weighted by Gasteiger charge is -2.61. The molecule has 0 bridgehead atoms. The molecular weight excluding hydrogens is 304 g/mol. The van der Waals surface area contributed by atoms with Crippen LogP contribution < -0.4 is 5.32 Å². The first-order valence-electron chi connectivity index (χ1n) is 8.92. The molecule has 0 aromatic heterocycles. The van der Waals surface area contributed by atoms with Crippen LogP contribution in [0.1, 0.15) is 37.3 Å². The highest BCUT2D eigenvalue weighted by atomic mass is 15.1. The molecule has 0 saturated heterocycles. The molecule has 0 amide bonds. The third-order valence-corrected chi connectivity index (χ3v) is 5.64. The van der Waals surface area contributed by atoms with Crippen LogP contribution in [0.4, 0.5) is 0 Å². The number of nitrogens with zero attached hydrogens (tertiary/aromatic N) is 1. The number of benzene rings is 1. The topological polar surface area (TPSA) is 24.4 Å². The minimum absolute atomic E-state index is 0.0955. The van der Waals surface area contributed by atoms with E-state index < -0.39 is 0 Å². The molecule has 1 aromatic carbocycles. The maximum Gasteiger partial charge on any atom is 0.0674 e. The van der Waals surface area contributed by atoms with Crippen LogP contribution in [0.25, 0.3) is 0 Å². The van der Waals surface area contributed by atoms with Crippen molar-refractivity contribution in [3.8, 4) is 0 Å². The maximum absolute atomic E-state index is 5.02. The zero-order valence-corrected chi connectivity index (χ0v) is 15.5. The van der Waals surface area contributed by atoms with Crippen LogP contribution in [0, 0.1) is 5.92 Å². The average molecular weight is 332 g/mol. The second kappa shape index (κ2) is 6.61. The Kier molecular flexibility index (Phi) is 4.66. The van der Waals surface area contributed by atoms with Crippen molar-refractivity contribution >= 4 is 5.71 Å². The summed E-state index contributed by atoms with van der Waals surface area (Å²) in [5.74, 6) is 0.593. The first-order valence-corrected chi connectivity index (χ1v) is 8.92. The third-order valence-electron chi connectivity index (χ3n) is 5.64. The Labute approximate surface area is 151 Å². The largest absolute Gasteiger partial charge is 0.313 e. The zero-order valence-electron chi connectivity index (χ0n) is 15.5.